The minimum absolute atomic E-state index is 0.161. The Morgan fingerprint density at radius 3 is 2.50 bits per heavy atom. The van der Waals surface area contributed by atoms with Gasteiger partial charge in [-0.05, 0) is 44.2 Å². The molecule has 6 nitrogen and oxygen atoms in total. The number of nitrogens with one attached hydrogen (secondary N) is 1. The van der Waals surface area contributed by atoms with Crippen LogP contribution < -0.4 is 10.2 Å². The molecule has 28 heavy (non-hydrogen) atoms. The molecular weight excluding hydrogens is 381 g/mol. The summed E-state index contributed by atoms with van der Waals surface area (Å²) in [4.78, 5) is 14.8. The molecule has 0 atom stereocenters. The largest absolute Gasteiger partial charge is 0.370 e. The number of carbonyl (C=O) groups is 1. The molecule has 2 aliphatic rings. The molecule has 0 radical (unpaired) electrons. The van der Waals surface area contributed by atoms with Crippen molar-refractivity contribution in [2.75, 3.05) is 42.1 Å². The Morgan fingerprint density at radius 2 is 1.86 bits per heavy atom. The van der Waals surface area contributed by atoms with Gasteiger partial charge in [0, 0.05) is 32.1 Å². The van der Waals surface area contributed by atoms with Crippen LogP contribution in [0, 0.1) is 11.7 Å². The van der Waals surface area contributed by atoms with Crippen molar-refractivity contribution in [2.45, 2.75) is 45.4 Å². The minimum atomic E-state index is -3.24. The van der Waals surface area contributed by atoms with Gasteiger partial charge in [0.05, 0.1) is 11.4 Å². The molecular formula is C20H30FN3O3S. The van der Waals surface area contributed by atoms with Gasteiger partial charge in [-0.3, -0.25) is 4.79 Å². The number of carbonyl (C=O) groups excluding carboxylic acids is 1. The summed E-state index contributed by atoms with van der Waals surface area (Å²) < 4.78 is 40.6. The summed E-state index contributed by atoms with van der Waals surface area (Å²) in [7, 11) is -3.24. The van der Waals surface area contributed by atoms with E-state index in [1.165, 1.54) is 10.4 Å². The van der Waals surface area contributed by atoms with E-state index in [0.29, 0.717) is 32.4 Å². The van der Waals surface area contributed by atoms with Crippen LogP contribution in [0.1, 0.15) is 45.4 Å². The third kappa shape index (κ3) is 4.84. The zero-order valence-corrected chi connectivity index (χ0v) is 17.3. The number of amides is 1. The second kappa shape index (κ2) is 9.22. The summed E-state index contributed by atoms with van der Waals surface area (Å²) in [5.74, 6) is -0.799. The van der Waals surface area contributed by atoms with E-state index in [2.05, 4.69) is 10.2 Å². The first-order chi connectivity index (χ1) is 13.4. The molecule has 8 heteroatoms. The Bertz CT molecular complexity index is 786. The molecule has 0 saturated carbocycles. The fraction of sp³-hybridized carbons (Fsp3) is 0.650. The Hall–Kier alpha value is -1.67. The van der Waals surface area contributed by atoms with Crippen molar-refractivity contribution in [3.05, 3.63) is 24.0 Å². The molecule has 1 N–H and O–H groups in total. The van der Waals surface area contributed by atoms with Crippen molar-refractivity contribution in [1.82, 2.24) is 4.31 Å². The van der Waals surface area contributed by atoms with Gasteiger partial charge in [0.1, 0.15) is 11.5 Å². The number of rotatable bonds is 7. The molecule has 0 spiro atoms. The highest BCUT2D eigenvalue weighted by Crippen LogP contribution is 2.32. The average Bonchev–Trinajstić information content (AvgIpc) is 3.22. The number of halogens is 1. The second-order valence-electron chi connectivity index (χ2n) is 7.66. The Labute approximate surface area is 167 Å². The Balaban J connectivity index is 1.62. The molecule has 2 heterocycles. The van der Waals surface area contributed by atoms with Gasteiger partial charge in [-0.25, -0.2) is 17.1 Å². The van der Waals surface area contributed by atoms with E-state index >= 15 is 0 Å². The number of nitrogens with zero attached hydrogens (tertiary/aromatic N) is 2. The topological polar surface area (TPSA) is 69.7 Å². The summed E-state index contributed by atoms with van der Waals surface area (Å²) in [6.07, 6.45) is 4.54. The summed E-state index contributed by atoms with van der Waals surface area (Å²) >= 11 is 0. The van der Waals surface area contributed by atoms with Gasteiger partial charge >= 0.3 is 0 Å². The summed E-state index contributed by atoms with van der Waals surface area (Å²) in [6.45, 7) is 4.38. The Morgan fingerprint density at radius 1 is 1.18 bits per heavy atom. The third-order valence-electron chi connectivity index (χ3n) is 5.66. The molecule has 2 saturated heterocycles. The molecule has 1 aromatic rings. The van der Waals surface area contributed by atoms with E-state index in [1.807, 2.05) is 13.0 Å². The van der Waals surface area contributed by atoms with Crippen molar-refractivity contribution in [2.24, 2.45) is 5.92 Å². The minimum Gasteiger partial charge on any atom is -0.370 e. The van der Waals surface area contributed by atoms with Gasteiger partial charge in [-0.1, -0.05) is 19.4 Å². The van der Waals surface area contributed by atoms with Crippen molar-refractivity contribution in [3.63, 3.8) is 0 Å². The van der Waals surface area contributed by atoms with E-state index in [9.17, 15) is 17.6 Å². The zero-order chi connectivity index (χ0) is 20.1. The summed E-state index contributed by atoms with van der Waals surface area (Å²) in [5, 5.41) is 2.79. The molecule has 0 aromatic heterocycles. The van der Waals surface area contributed by atoms with Crippen LogP contribution in [0.3, 0.4) is 0 Å². The summed E-state index contributed by atoms with van der Waals surface area (Å²) in [6, 6.07) is 4.86. The molecule has 2 aliphatic heterocycles. The lowest BCUT2D eigenvalue weighted by atomic mass is 9.97. The van der Waals surface area contributed by atoms with Crippen LogP contribution in [-0.2, 0) is 14.8 Å². The predicted molar refractivity (Wildman–Crippen MR) is 109 cm³/mol. The maximum atomic E-state index is 14.4. The SMILES string of the molecule is CCCCS(=O)(=O)N1CCC(C(=O)Nc2c(F)cccc2N2CCCC2)CC1. The molecule has 0 aliphatic carbocycles. The van der Waals surface area contributed by atoms with Crippen LogP contribution in [0.2, 0.25) is 0 Å². The van der Waals surface area contributed by atoms with Gasteiger partial charge in [0.15, 0.2) is 0 Å². The first kappa shape index (κ1) is 21.0. The summed E-state index contributed by atoms with van der Waals surface area (Å²) in [5.41, 5.74) is 0.970. The predicted octanol–water partition coefficient (Wildman–Crippen LogP) is 3.21. The molecule has 3 rings (SSSR count). The van der Waals surface area contributed by atoms with Gasteiger partial charge in [0.25, 0.3) is 0 Å². The standard InChI is InChI=1S/C20H30FN3O3S/c1-2-3-15-28(26,27)24-13-9-16(10-14-24)20(25)22-19-17(21)7-6-8-18(19)23-11-4-5-12-23/h6-8,16H,2-5,9-15H2,1H3,(H,22,25). The van der Waals surface area contributed by atoms with Crippen LogP contribution in [0.5, 0.6) is 0 Å². The highest BCUT2D eigenvalue weighted by Gasteiger charge is 2.31. The fourth-order valence-electron chi connectivity index (χ4n) is 3.94. The molecule has 1 amide bonds. The van der Waals surface area contributed by atoms with Crippen LogP contribution >= 0.6 is 0 Å². The second-order valence-corrected chi connectivity index (χ2v) is 9.75. The number of sulfonamides is 1. The van der Waals surface area contributed by atoms with E-state index < -0.39 is 15.8 Å². The molecule has 0 unspecified atom stereocenters. The average molecular weight is 412 g/mol. The quantitative estimate of drug-likeness (QED) is 0.748. The number of para-hydroxylation sites is 1. The number of unbranched alkanes of at least 4 members (excludes halogenated alkanes) is 1. The van der Waals surface area contributed by atoms with Crippen molar-refractivity contribution < 1.29 is 17.6 Å². The van der Waals surface area contributed by atoms with Crippen molar-refractivity contribution in [1.29, 1.82) is 0 Å². The van der Waals surface area contributed by atoms with Crippen molar-refractivity contribution >= 4 is 27.3 Å². The van der Waals surface area contributed by atoms with Gasteiger partial charge in [-0.15, -0.1) is 0 Å². The first-order valence-electron chi connectivity index (χ1n) is 10.2. The Kier molecular flexibility index (Phi) is 6.93. The highest BCUT2D eigenvalue weighted by molar-refractivity contribution is 7.89. The smallest absolute Gasteiger partial charge is 0.227 e. The number of benzene rings is 1. The monoisotopic (exact) mass is 411 g/mol. The normalized spacial score (nSPS) is 19.1. The molecule has 156 valence electrons. The molecule has 2 fully saturated rings. The zero-order valence-electron chi connectivity index (χ0n) is 16.5. The van der Waals surface area contributed by atoms with Crippen LogP contribution in [0.25, 0.3) is 0 Å². The molecule has 0 bridgehead atoms. The van der Waals surface area contributed by atoms with E-state index in [1.54, 1.807) is 6.07 Å². The number of piperidine rings is 1. The molecule has 1 aromatic carbocycles. The van der Waals surface area contributed by atoms with Crippen LogP contribution in [-0.4, -0.2) is 50.6 Å². The van der Waals surface area contributed by atoms with Crippen LogP contribution in [0.15, 0.2) is 18.2 Å². The van der Waals surface area contributed by atoms with Gasteiger partial charge in [-0.2, -0.15) is 0 Å². The lowest BCUT2D eigenvalue weighted by Gasteiger charge is -2.31. The number of hydrogen-bond acceptors (Lipinski definition) is 4. The lowest BCUT2D eigenvalue weighted by Crippen LogP contribution is -2.42. The number of anilines is 2. The first-order valence-corrected chi connectivity index (χ1v) is 11.9. The maximum Gasteiger partial charge on any atom is 0.227 e. The fourth-order valence-corrected chi connectivity index (χ4v) is 5.61. The number of hydrogen-bond donors (Lipinski definition) is 1. The van der Waals surface area contributed by atoms with Gasteiger partial charge in [0.2, 0.25) is 15.9 Å². The highest BCUT2D eigenvalue weighted by atomic mass is 32.2. The van der Waals surface area contributed by atoms with Crippen LogP contribution in [0.4, 0.5) is 15.8 Å². The van der Waals surface area contributed by atoms with Gasteiger partial charge < -0.3 is 10.2 Å². The van der Waals surface area contributed by atoms with E-state index in [0.717, 1.165) is 38.0 Å². The lowest BCUT2D eigenvalue weighted by molar-refractivity contribution is -0.120. The maximum absolute atomic E-state index is 14.4. The van der Waals surface area contributed by atoms with E-state index in [4.69, 9.17) is 0 Å². The third-order valence-corrected chi connectivity index (χ3v) is 7.62. The van der Waals surface area contributed by atoms with E-state index in [-0.39, 0.29) is 23.3 Å². The van der Waals surface area contributed by atoms with Crippen molar-refractivity contribution in [3.8, 4) is 0 Å².